The molecule has 0 rings (SSSR count). The maximum absolute atomic E-state index is 11.2. The monoisotopic (exact) mass is 182 g/mol. The Balaban J connectivity index is 4.29. The summed E-state index contributed by atoms with van der Waals surface area (Å²) in [4.78, 5) is 22.2. The van der Waals surface area contributed by atoms with Gasteiger partial charge in [-0.2, -0.15) is 0 Å². The molecule has 0 saturated carbocycles. The number of hydrogen-bond donors (Lipinski definition) is 0. The molecule has 0 aromatic carbocycles. The topological polar surface area (TPSA) is 43.4 Å². The molecular formula is C10H14O3. The van der Waals surface area contributed by atoms with Crippen LogP contribution < -0.4 is 0 Å². The van der Waals surface area contributed by atoms with Crippen molar-refractivity contribution in [1.82, 2.24) is 0 Å². The summed E-state index contributed by atoms with van der Waals surface area (Å²) in [6, 6.07) is 0. The van der Waals surface area contributed by atoms with Gasteiger partial charge >= 0.3 is 5.97 Å². The van der Waals surface area contributed by atoms with Crippen molar-refractivity contribution in [2.45, 2.75) is 27.2 Å². The van der Waals surface area contributed by atoms with Crippen molar-refractivity contribution < 1.29 is 14.3 Å². The predicted octanol–water partition coefficient (Wildman–Crippen LogP) is 1.17. The lowest BCUT2D eigenvalue weighted by Crippen LogP contribution is -2.23. The van der Waals surface area contributed by atoms with Crippen LogP contribution in [0.2, 0.25) is 0 Å². The second-order valence-electron chi connectivity index (χ2n) is 2.55. The summed E-state index contributed by atoms with van der Waals surface area (Å²) < 4.78 is 4.73. The Morgan fingerprint density at radius 3 is 2.46 bits per heavy atom. The quantitative estimate of drug-likeness (QED) is 0.372. The average Bonchev–Trinajstić information content (AvgIpc) is 2.05. The van der Waals surface area contributed by atoms with Gasteiger partial charge in [-0.05, 0) is 20.8 Å². The van der Waals surface area contributed by atoms with Crippen LogP contribution in [0.4, 0.5) is 0 Å². The first kappa shape index (κ1) is 11.7. The molecular weight excluding hydrogens is 168 g/mol. The largest absolute Gasteiger partial charge is 0.465 e. The second-order valence-corrected chi connectivity index (χ2v) is 2.55. The molecule has 13 heavy (non-hydrogen) atoms. The van der Waals surface area contributed by atoms with Gasteiger partial charge in [0.25, 0.3) is 0 Å². The fourth-order valence-corrected chi connectivity index (χ4v) is 0.840. The van der Waals surface area contributed by atoms with Gasteiger partial charge < -0.3 is 4.74 Å². The average molecular weight is 182 g/mol. The van der Waals surface area contributed by atoms with Crippen LogP contribution in [-0.2, 0) is 14.3 Å². The lowest BCUT2D eigenvalue weighted by atomic mass is 10.0. The third-order valence-electron chi connectivity index (χ3n) is 1.54. The van der Waals surface area contributed by atoms with E-state index in [1.165, 1.54) is 6.92 Å². The number of rotatable bonds is 4. The lowest BCUT2D eigenvalue weighted by Gasteiger charge is -2.08. The van der Waals surface area contributed by atoms with Crippen LogP contribution in [-0.4, -0.2) is 18.4 Å². The molecule has 0 heterocycles. The maximum atomic E-state index is 11.2. The Labute approximate surface area is 78.5 Å². The fourth-order valence-electron chi connectivity index (χ4n) is 0.840. The molecule has 0 radical (unpaired) electrons. The van der Waals surface area contributed by atoms with E-state index in [0.29, 0.717) is 6.61 Å². The first-order valence-corrected chi connectivity index (χ1v) is 4.20. The SMILES string of the molecule is CC#CCC(C(C)=O)C(=O)OCC. The minimum Gasteiger partial charge on any atom is -0.465 e. The van der Waals surface area contributed by atoms with E-state index in [9.17, 15) is 9.59 Å². The highest BCUT2D eigenvalue weighted by atomic mass is 16.5. The molecule has 0 bridgehead atoms. The summed E-state index contributed by atoms with van der Waals surface area (Å²) in [7, 11) is 0. The molecule has 0 aliphatic heterocycles. The zero-order valence-electron chi connectivity index (χ0n) is 8.22. The van der Waals surface area contributed by atoms with E-state index < -0.39 is 11.9 Å². The fraction of sp³-hybridized carbons (Fsp3) is 0.600. The third kappa shape index (κ3) is 4.32. The van der Waals surface area contributed by atoms with E-state index >= 15 is 0 Å². The van der Waals surface area contributed by atoms with Crippen LogP contribution in [0.25, 0.3) is 0 Å². The van der Waals surface area contributed by atoms with Crippen LogP contribution >= 0.6 is 0 Å². The predicted molar refractivity (Wildman–Crippen MR) is 48.9 cm³/mol. The molecule has 0 aromatic heterocycles. The number of carbonyl (C=O) groups excluding carboxylic acids is 2. The molecule has 0 N–H and O–H groups in total. The zero-order valence-corrected chi connectivity index (χ0v) is 8.22. The molecule has 72 valence electrons. The zero-order chi connectivity index (χ0) is 10.3. The summed E-state index contributed by atoms with van der Waals surface area (Å²) >= 11 is 0. The maximum Gasteiger partial charge on any atom is 0.317 e. The molecule has 0 aliphatic carbocycles. The number of Topliss-reactive ketones (excluding diaryl/α,β-unsaturated/α-hetero) is 1. The van der Waals surface area contributed by atoms with E-state index in [1.807, 2.05) is 0 Å². The minimum atomic E-state index is -0.715. The van der Waals surface area contributed by atoms with Crippen molar-refractivity contribution in [1.29, 1.82) is 0 Å². The molecule has 1 unspecified atom stereocenters. The van der Waals surface area contributed by atoms with Crippen molar-refractivity contribution in [3.8, 4) is 11.8 Å². The highest BCUT2D eigenvalue weighted by Crippen LogP contribution is 2.06. The van der Waals surface area contributed by atoms with Gasteiger partial charge in [0.15, 0.2) is 0 Å². The first-order valence-electron chi connectivity index (χ1n) is 4.20. The molecule has 0 amide bonds. The molecule has 3 heteroatoms. The highest BCUT2D eigenvalue weighted by Gasteiger charge is 2.23. The van der Waals surface area contributed by atoms with Crippen LogP contribution in [0.15, 0.2) is 0 Å². The van der Waals surface area contributed by atoms with Gasteiger partial charge in [-0.3, -0.25) is 9.59 Å². The summed E-state index contributed by atoms with van der Waals surface area (Å²) in [5.41, 5.74) is 0. The Hall–Kier alpha value is -1.30. The summed E-state index contributed by atoms with van der Waals surface area (Å²) in [5.74, 6) is 3.95. The van der Waals surface area contributed by atoms with Crippen molar-refractivity contribution in [2.75, 3.05) is 6.61 Å². The van der Waals surface area contributed by atoms with Gasteiger partial charge in [-0.15, -0.1) is 11.8 Å². The normalized spacial score (nSPS) is 11.0. The number of ketones is 1. The van der Waals surface area contributed by atoms with Crippen molar-refractivity contribution in [2.24, 2.45) is 5.92 Å². The molecule has 0 aliphatic rings. The summed E-state index contributed by atoms with van der Waals surface area (Å²) in [6.07, 6.45) is 0.255. The number of carbonyl (C=O) groups is 2. The molecule has 0 saturated heterocycles. The number of hydrogen-bond acceptors (Lipinski definition) is 3. The van der Waals surface area contributed by atoms with Crippen molar-refractivity contribution in [3.05, 3.63) is 0 Å². The van der Waals surface area contributed by atoms with Gasteiger partial charge in [-0.1, -0.05) is 0 Å². The Kier molecular flexibility index (Phi) is 5.62. The van der Waals surface area contributed by atoms with Gasteiger partial charge in [0, 0.05) is 6.42 Å². The first-order chi connectivity index (χ1) is 6.13. The van der Waals surface area contributed by atoms with Crippen LogP contribution in [0.1, 0.15) is 27.2 Å². The third-order valence-corrected chi connectivity index (χ3v) is 1.54. The van der Waals surface area contributed by atoms with E-state index in [4.69, 9.17) is 4.74 Å². The Morgan fingerprint density at radius 1 is 1.46 bits per heavy atom. The Bertz CT molecular complexity index is 245. The van der Waals surface area contributed by atoms with Crippen LogP contribution in [0.3, 0.4) is 0 Å². The van der Waals surface area contributed by atoms with Crippen LogP contribution in [0, 0.1) is 17.8 Å². The van der Waals surface area contributed by atoms with Crippen molar-refractivity contribution in [3.63, 3.8) is 0 Å². The number of esters is 1. The van der Waals surface area contributed by atoms with Gasteiger partial charge in [0.1, 0.15) is 11.7 Å². The van der Waals surface area contributed by atoms with E-state index in [1.54, 1.807) is 13.8 Å². The number of ether oxygens (including phenoxy) is 1. The van der Waals surface area contributed by atoms with Crippen LogP contribution in [0.5, 0.6) is 0 Å². The molecule has 1 atom stereocenters. The van der Waals surface area contributed by atoms with Gasteiger partial charge in [0.2, 0.25) is 0 Å². The standard InChI is InChI=1S/C10H14O3/c1-4-6-7-9(8(3)11)10(12)13-5-2/h9H,5,7H2,1-3H3. The molecule has 0 aromatic rings. The Morgan fingerprint density at radius 2 is 2.08 bits per heavy atom. The van der Waals surface area contributed by atoms with E-state index in [0.717, 1.165) is 0 Å². The molecule has 3 nitrogen and oxygen atoms in total. The molecule has 0 spiro atoms. The van der Waals surface area contributed by atoms with Gasteiger partial charge in [-0.25, -0.2) is 0 Å². The second kappa shape index (κ2) is 6.24. The van der Waals surface area contributed by atoms with E-state index in [2.05, 4.69) is 11.8 Å². The minimum absolute atomic E-state index is 0.193. The summed E-state index contributed by atoms with van der Waals surface area (Å²) in [6.45, 7) is 5.05. The van der Waals surface area contributed by atoms with Gasteiger partial charge in [0.05, 0.1) is 6.61 Å². The summed E-state index contributed by atoms with van der Waals surface area (Å²) in [5, 5.41) is 0. The van der Waals surface area contributed by atoms with E-state index in [-0.39, 0.29) is 12.2 Å². The molecule has 0 fully saturated rings. The smallest absolute Gasteiger partial charge is 0.317 e. The van der Waals surface area contributed by atoms with Crippen molar-refractivity contribution >= 4 is 11.8 Å². The lowest BCUT2D eigenvalue weighted by molar-refractivity contribution is -0.150. The highest BCUT2D eigenvalue weighted by molar-refractivity contribution is 5.97.